The van der Waals surface area contributed by atoms with Crippen LogP contribution in [0.2, 0.25) is 5.02 Å². The van der Waals surface area contributed by atoms with E-state index in [0.29, 0.717) is 34.4 Å². The summed E-state index contributed by atoms with van der Waals surface area (Å²) in [6, 6.07) is 10.5. The Hall–Kier alpha value is -2.50. The van der Waals surface area contributed by atoms with E-state index in [9.17, 15) is 4.79 Å². The van der Waals surface area contributed by atoms with E-state index in [2.05, 4.69) is 0 Å². The van der Waals surface area contributed by atoms with Crippen LogP contribution in [0, 0.1) is 0 Å². The Labute approximate surface area is 157 Å². The van der Waals surface area contributed by atoms with Crippen LogP contribution >= 0.6 is 11.6 Å². The summed E-state index contributed by atoms with van der Waals surface area (Å²) in [6.45, 7) is 1.35. The topological polar surface area (TPSA) is 48.0 Å². The summed E-state index contributed by atoms with van der Waals surface area (Å²) >= 11 is 6.29. The normalized spacial score (nSPS) is 14.5. The summed E-state index contributed by atoms with van der Waals surface area (Å²) in [5.41, 5.74) is 1.28. The van der Waals surface area contributed by atoms with Gasteiger partial charge in [0.25, 0.3) is 0 Å². The first-order valence-corrected chi connectivity index (χ1v) is 8.55. The fourth-order valence-corrected chi connectivity index (χ4v) is 2.75. The van der Waals surface area contributed by atoms with Crippen molar-refractivity contribution in [1.29, 1.82) is 0 Å². The van der Waals surface area contributed by atoms with Gasteiger partial charge in [-0.3, -0.25) is 4.79 Å². The number of methoxy groups -OCH3 is 1. The molecule has 0 saturated heterocycles. The second-order valence-electron chi connectivity index (χ2n) is 6.14. The van der Waals surface area contributed by atoms with E-state index >= 15 is 0 Å². The molecule has 0 saturated carbocycles. The fraction of sp³-hybridized carbons (Fsp3) is 0.250. The van der Waals surface area contributed by atoms with Crippen LogP contribution in [0.3, 0.4) is 0 Å². The molecule has 5 nitrogen and oxygen atoms in total. The van der Waals surface area contributed by atoms with Crippen LogP contribution in [0.1, 0.15) is 15.9 Å². The zero-order valence-electron chi connectivity index (χ0n) is 14.9. The minimum absolute atomic E-state index is 0.162. The summed E-state index contributed by atoms with van der Waals surface area (Å²) in [4.78, 5) is 14.5. The number of Topliss-reactive ketones (excluding diaryl/α,β-unsaturated/α-hetero) is 1. The van der Waals surface area contributed by atoms with Crippen molar-refractivity contribution >= 4 is 23.5 Å². The van der Waals surface area contributed by atoms with Crippen molar-refractivity contribution in [3.8, 4) is 17.2 Å². The Bertz CT molecular complexity index is 861. The van der Waals surface area contributed by atoms with Crippen molar-refractivity contribution in [2.45, 2.75) is 0 Å². The predicted octanol–water partition coefficient (Wildman–Crippen LogP) is 3.91. The number of hydrogen-bond acceptors (Lipinski definition) is 5. The van der Waals surface area contributed by atoms with Crippen LogP contribution in [-0.4, -0.2) is 45.0 Å². The summed E-state index contributed by atoms with van der Waals surface area (Å²) in [5.74, 6) is 1.84. The lowest BCUT2D eigenvalue weighted by molar-refractivity contribution is 0.101. The van der Waals surface area contributed by atoms with Gasteiger partial charge in [-0.15, -0.1) is 0 Å². The van der Waals surface area contributed by atoms with Gasteiger partial charge in [-0.2, -0.15) is 0 Å². The van der Waals surface area contributed by atoms with Crippen LogP contribution in [0.15, 0.2) is 42.2 Å². The smallest absolute Gasteiger partial charge is 0.231 e. The summed E-state index contributed by atoms with van der Waals surface area (Å²) in [6.07, 6.45) is 1.67. The number of fused-ring (bicyclic) bond motifs is 1. The first-order valence-electron chi connectivity index (χ1n) is 8.17. The molecule has 136 valence electrons. The lowest BCUT2D eigenvalue weighted by Gasteiger charge is -2.12. The van der Waals surface area contributed by atoms with Crippen molar-refractivity contribution in [3.05, 3.63) is 58.3 Å². The molecule has 0 bridgehead atoms. The van der Waals surface area contributed by atoms with Crippen LogP contribution < -0.4 is 14.2 Å². The average Bonchev–Trinajstić information content (AvgIpc) is 2.91. The Balaban J connectivity index is 1.76. The molecule has 0 unspecified atom stereocenters. The number of likely N-dealkylation sites (N-methyl/N-ethyl adjacent to an activating group) is 1. The molecular weight excluding hydrogens is 354 g/mol. The molecule has 0 amide bonds. The van der Waals surface area contributed by atoms with E-state index in [-0.39, 0.29) is 11.5 Å². The van der Waals surface area contributed by atoms with E-state index in [1.807, 2.05) is 25.1 Å². The molecule has 2 aromatic carbocycles. The van der Waals surface area contributed by atoms with E-state index in [1.54, 1.807) is 43.5 Å². The van der Waals surface area contributed by atoms with Gasteiger partial charge in [0, 0.05) is 12.6 Å². The number of carbonyl (C=O) groups is 1. The van der Waals surface area contributed by atoms with E-state index in [1.165, 1.54) is 0 Å². The van der Waals surface area contributed by atoms with Gasteiger partial charge in [0.15, 0.2) is 5.76 Å². The number of carbonyl (C=O) groups excluding carboxylic acids is 1. The molecule has 1 aliphatic heterocycles. The summed E-state index contributed by atoms with van der Waals surface area (Å²) in [5, 5.41) is 0.489. The van der Waals surface area contributed by atoms with E-state index in [0.717, 1.165) is 12.1 Å². The minimum Gasteiger partial charge on any atom is -0.497 e. The van der Waals surface area contributed by atoms with E-state index < -0.39 is 0 Å². The molecule has 0 atom stereocenters. The maximum absolute atomic E-state index is 12.5. The average molecular weight is 374 g/mol. The molecule has 26 heavy (non-hydrogen) atoms. The summed E-state index contributed by atoms with van der Waals surface area (Å²) in [7, 11) is 5.53. The van der Waals surface area contributed by atoms with Crippen molar-refractivity contribution in [3.63, 3.8) is 0 Å². The van der Waals surface area contributed by atoms with Gasteiger partial charge in [0.2, 0.25) is 5.78 Å². The van der Waals surface area contributed by atoms with Crippen molar-refractivity contribution in [2.75, 3.05) is 34.4 Å². The molecule has 1 heterocycles. The maximum Gasteiger partial charge on any atom is 0.231 e. The Morgan fingerprint density at radius 2 is 2.00 bits per heavy atom. The van der Waals surface area contributed by atoms with Gasteiger partial charge in [0.1, 0.15) is 23.9 Å². The number of hydrogen-bond donors (Lipinski definition) is 0. The van der Waals surface area contributed by atoms with Gasteiger partial charge in [-0.25, -0.2) is 0 Å². The number of nitrogens with zero attached hydrogens (tertiary/aromatic N) is 1. The fourth-order valence-electron chi connectivity index (χ4n) is 2.51. The third kappa shape index (κ3) is 4.00. The number of ketones is 1. The van der Waals surface area contributed by atoms with Gasteiger partial charge in [0.05, 0.1) is 17.7 Å². The standard InChI is InChI=1S/C20H20ClNO4/c1-22(2)8-9-25-17-7-4-13(10-16(17)21)11-19-20(23)15-6-5-14(24-3)12-18(15)26-19/h4-7,10-12H,8-9H2,1-3H3/b19-11-. The van der Waals surface area contributed by atoms with Gasteiger partial charge < -0.3 is 19.1 Å². The zero-order chi connectivity index (χ0) is 18.7. The summed E-state index contributed by atoms with van der Waals surface area (Å²) < 4.78 is 16.5. The predicted molar refractivity (Wildman–Crippen MR) is 101 cm³/mol. The number of benzene rings is 2. The molecule has 0 N–H and O–H groups in total. The molecule has 0 aliphatic carbocycles. The third-order valence-electron chi connectivity index (χ3n) is 3.93. The lowest BCUT2D eigenvalue weighted by Crippen LogP contribution is -2.19. The van der Waals surface area contributed by atoms with Gasteiger partial charge >= 0.3 is 0 Å². The maximum atomic E-state index is 12.5. The number of rotatable bonds is 6. The monoisotopic (exact) mass is 373 g/mol. The highest BCUT2D eigenvalue weighted by atomic mass is 35.5. The molecule has 0 fully saturated rings. The van der Waals surface area contributed by atoms with Gasteiger partial charge in [-0.05, 0) is 50.0 Å². The van der Waals surface area contributed by atoms with Crippen LogP contribution in [0.25, 0.3) is 6.08 Å². The quantitative estimate of drug-likeness (QED) is 0.718. The molecular formula is C20H20ClNO4. The van der Waals surface area contributed by atoms with Crippen LogP contribution in [0.5, 0.6) is 17.2 Å². The second-order valence-corrected chi connectivity index (χ2v) is 6.55. The lowest BCUT2D eigenvalue weighted by atomic mass is 10.1. The second kappa shape index (κ2) is 7.81. The molecule has 6 heteroatoms. The Morgan fingerprint density at radius 3 is 2.69 bits per heavy atom. The number of halogens is 1. The molecule has 0 aromatic heterocycles. The SMILES string of the molecule is COc1ccc2c(c1)O/C(=C\c1ccc(OCCN(C)C)c(Cl)c1)C2=O. The number of ether oxygens (including phenoxy) is 3. The highest BCUT2D eigenvalue weighted by Gasteiger charge is 2.27. The molecule has 2 aromatic rings. The third-order valence-corrected chi connectivity index (χ3v) is 4.22. The molecule has 1 aliphatic rings. The van der Waals surface area contributed by atoms with Crippen LogP contribution in [-0.2, 0) is 0 Å². The Kier molecular flexibility index (Phi) is 5.49. The molecule has 0 spiro atoms. The largest absolute Gasteiger partial charge is 0.497 e. The zero-order valence-corrected chi connectivity index (χ0v) is 15.7. The Morgan fingerprint density at radius 1 is 1.19 bits per heavy atom. The van der Waals surface area contributed by atoms with Crippen molar-refractivity contribution in [1.82, 2.24) is 4.90 Å². The molecule has 3 rings (SSSR count). The van der Waals surface area contributed by atoms with Crippen molar-refractivity contribution in [2.24, 2.45) is 0 Å². The van der Waals surface area contributed by atoms with Crippen LogP contribution in [0.4, 0.5) is 0 Å². The minimum atomic E-state index is -0.162. The van der Waals surface area contributed by atoms with Crippen molar-refractivity contribution < 1.29 is 19.0 Å². The van der Waals surface area contributed by atoms with E-state index in [4.69, 9.17) is 25.8 Å². The first kappa shape index (κ1) is 18.3. The van der Waals surface area contributed by atoms with Gasteiger partial charge in [-0.1, -0.05) is 17.7 Å². The highest BCUT2D eigenvalue weighted by Crippen LogP contribution is 2.35. The first-order chi connectivity index (χ1) is 12.5. The molecule has 0 radical (unpaired) electrons. The highest BCUT2D eigenvalue weighted by molar-refractivity contribution is 6.32. The number of allylic oxidation sites excluding steroid dienone is 1.